The van der Waals surface area contributed by atoms with E-state index in [4.69, 9.17) is 9.73 Å². The zero-order chi connectivity index (χ0) is 19.9. The van der Waals surface area contributed by atoms with Gasteiger partial charge < -0.3 is 20.3 Å². The largest absolute Gasteiger partial charge is 0.493 e. The van der Waals surface area contributed by atoms with Gasteiger partial charge in [0.1, 0.15) is 5.75 Å². The summed E-state index contributed by atoms with van der Waals surface area (Å²) >= 11 is 0. The Morgan fingerprint density at radius 1 is 1.18 bits per heavy atom. The molecule has 0 aromatic heterocycles. The van der Waals surface area contributed by atoms with Gasteiger partial charge in [-0.25, -0.2) is 0 Å². The highest BCUT2D eigenvalue weighted by Crippen LogP contribution is 2.31. The van der Waals surface area contributed by atoms with Crippen molar-refractivity contribution in [3.05, 3.63) is 29.8 Å². The second kappa shape index (κ2) is 10.1. The first-order valence-electron chi connectivity index (χ1n) is 11.1. The SMILES string of the molecule is CCNC(=NCC1CCN(C2CC2)C1)NC(C)c1ccc(OCC(C)C)cc1. The van der Waals surface area contributed by atoms with Crippen molar-refractivity contribution < 1.29 is 4.74 Å². The molecule has 2 N–H and O–H groups in total. The van der Waals surface area contributed by atoms with Gasteiger partial charge in [-0.15, -0.1) is 0 Å². The summed E-state index contributed by atoms with van der Waals surface area (Å²) in [6.45, 7) is 13.6. The predicted molar refractivity (Wildman–Crippen MR) is 117 cm³/mol. The fraction of sp³-hybridized carbons (Fsp3) is 0.696. The number of rotatable bonds is 9. The molecule has 28 heavy (non-hydrogen) atoms. The average Bonchev–Trinajstić information content (AvgIpc) is 3.43. The molecule has 1 heterocycles. The van der Waals surface area contributed by atoms with E-state index in [0.29, 0.717) is 11.8 Å². The number of benzene rings is 1. The monoisotopic (exact) mass is 386 g/mol. The number of hydrogen-bond donors (Lipinski definition) is 2. The first-order valence-corrected chi connectivity index (χ1v) is 11.1. The molecule has 156 valence electrons. The van der Waals surface area contributed by atoms with Crippen molar-refractivity contribution >= 4 is 5.96 Å². The molecule has 1 saturated heterocycles. The highest BCUT2D eigenvalue weighted by atomic mass is 16.5. The number of likely N-dealkylation sites (tertiary alicyclic amines) is 1. The second-order valence-corrected chi connectivity index (χ2v) is 8.74. The number of nitrogens with zero attached hydrogens (tertiary/aromatic N) is 2. The zero-order valence-electron chi connectivity index (χ0n) is 18.1. The van der Waals surface area contributed by atoms with Crippen molar-refractivity contribution in [2.75, 3.05) is 32.8 Å². The van der Waals surface area contributed by atoms with E-state index in [2.05, 4.69) is 67.5 Å². The number of ether oxygens (including phenoxy) is 1. The molecule has 0 amide bonds. The van der Waals surface area contributed by atoms with Crippen molar-refractivity contribution in [2.24, 2.45) is 16.8 Å². The average molecular weight is 387 g/mol. The molecule has 1 aromatic carbocycles. The van der Waals surface area contributed by atoms with E-state index in [1.54, 1.807) is 0 Å². The van der Waals surface area contributed by atoms with Gasteiger partial charge in [0.2, 0.25) is 0 Å². The van der Waals surface area contributed by atoms with E-state index in [-0.39, 0.29) is 6.04 Å². The van der Waals surface area contributed by atoms with Gasteiger partial charge in [0.25, 0.3) is 0 Å². The Balaban J connectivity index is 1.50. The molecule has 5 nitrogen and oxygen atoms in total. The first kappa shape index (κ1) is 21.0. The third-order valence-corrected chi connectivity index (χ3v) is 5.55. The summed E-state index contributed by atoms with van der Waals surface area (Å²) in [5.41, 5.74) is 1.24. The van der Waals surface area contributed by atoms with Crippen LogP contribution in [0.3, 0.4) is 0 Å². The molecule has 0 spiro atoms. The zero-order valence-corrected chi connectivity index (χ0v) is 18.1. The molecule has 1 aliphatic heterocycles. The van der Waals surface area contributed by atoms with Crippen molar-refractivity contribution in [3.63, 3.8) is 0 Å². The maximum Gasteiger partial charge on any atom is 0.191 e. The fourth-order valence-corrected chi connectivity index (χ4v) is 3.73. The molecule has 1 aromatic rings. The highest BCUT2D eigenvalue weighted by Gasteiger charge is 2.34. The van der Waals surface area contributed by atoms with Gasteiger partial charge in [0.05, 0.1) is 12.6 Å². The molecule has 1 aliphatic carbocycles. The van der Waals surface area contributed by atoms with Crippen LogP contribution in [0.5, 0.6) is 5.75 Å². The van der Waals surface area contributed by atoms with Gasteiger partial charge in [-0.3, -0.25) is 4.99 Å². The maximum absolute atomic E-state index is 5.79. The summed E-state index contributed by atoms with van der Waals surface area (Å²) < 4.78 is 5.79. The number of hydrogen-bond acceptors (Lipinski definition) is 3. The van der Waals surface area contributed by atoms with Crippen molar-refractivity contribution in [3.8, 4) is 5.75 Å². The lowest BCUT2D eigenvalue weighted by molar-refractivity contribution is 0.271. The minimum atomic E-state index is 0.198. The maximum atomic E-state index is 5.79. The molecule has 2 unspecified atom stereocenters. The smallest absolute Gasteiger partial charge is 0.191 e. The van der Waals surface area contributed by atoms with Crippen LogP contribution in [0, 0.1) is 11.8 Å². The van der Waals surface area contributed by atoms with Crippen molar-refractivity contribution in [1.29, 1.82) is 0 Å². The van der Waals surface area contributed by atoms with Gasteiger partial charge in [0, 0.05) is 25.7 Å². The standard InChI is InChI=1S/C23H38N4O/c1-5-24-23(25-14-19-12-13-27(15-19)21-8-9-21)26-18(4)20-6-10-22(11-7-20)28-16-17(2)3/h6-7,10-11,17-19,21H,5,8-9,12-16H2,1-4H3,(H2,24,25,26). The lowest BCUT2D eigenvalue weighted by Gasteiger charge is -2.19. The topological polar surface area (TPSA) is 48.9 Å². The Morgan fingerprint density at radius 2 is 1.93 bits per heavy atom. The third-order valence-electron chi connectivity index (χ3n) is 5.55. The molecule has 5 heteroatoms. The summed E-state index contributed by atoms with van der Waals surface area (Å²) in [6, 6.07) is 9.48. The Hall–Kier alpha value is -1.75. The van der Waals surface area contributed by atoms with Crippen LogP contribution in [0.4, 0.5) is 0 Å². The quantitative estimate of drug-likeness (QED) is 0.500. The normalized spacial score (nSPS) is 21.8. The van der Waals surface area contributed by atoms with Gasteiger partial charge in [-0.2, -0.15) is 0 Å². The van der Waals surface area contributed by atoms with Gasteiger partial charge >= 0.3 is 0 Å². The van der Waals surface area contributed by atoms with Gasteiger partial charge in [-0.1, -0.05) is 26.0 Å². The summed E-state index contributed by atoms with van der Waals surface area (Å²) in [6.07, 6.45) is 4.09. The predicted octanol–water partition coefficient (Wildman–Crippen LogP) is 3.82. The fourth-order valence-electron chi connectivity index (χ4n) is 3.73. The van der Waals surface area contributed by atoms with Gasteiger partial charge in [0.15, 0.2) is 5.96 Å². The van der Waals surface area contributed by atoms with E-state index in [1.165, 1.54) is 37.9 Å². The van der Waals surface area contributed by atoms with E-state index in [0.717, 1.165) is 37.4 Å². The molecule has 0 bridgehead atoms. The van der Waals surface area contributed by atoms with Crippen LogP contribution in [0.25, 0.3) is 0 Å². The van der Waals surface area contributed by atoms with Gasteiger partial charge in [-0.05, 0) is 69.2 Å². The van der Waals surface area contributed by atoms with Crippen LogP contribution in [0.1, 0.15) is 58.6 Å². The van der Waals surface area contributed by atoms with E-state index < -0.39 is 0 Å². The van der Waals surface area contributed by atoms with Crippen LogP contribution in [0.15, 0.2) is 29.3 Å². The lowest BCUT2D eigenvalue weighted by Crippen LogP contribution is -2.39. The molecule has 2 fully saturated rings. The van der Waals surface area contributed by atoms with E-state index >= 15 is 0 Å². The van der Waals surface area contributed by atoms with E-state index in [9.17, 15) is 0 Å². The van der Waals surface area contributed by atoms with Crippen LogP contribution in [0.2, 0.25) is 0 Å². The molecular weight excluding hydrogens is 348 g/mol. The number of guanidine groups is 1. The Labute approximate surface area is 170 Å². The molecule has 2 aliphatic rings. The van der Waals surface area contributed by atoms with Crippen LogP contribution >= 0.6 is 0 Å². The third kappa shape index (κ3) is 6.40. The Bertz CT molecular complexity index is 624. The minimum Gasteiger partial charge on any atom is -0.493 e. The second-order valence-electron chi connectivity index (χ2n) is 8.74. The number of nitrogens with one attached hydrogen (secondary N) is 2. The molecular formula is C23H38N4O. The molecule has 3 rings (SSSR count). The molecule has 0 radical (unpaired) electrons. The summed E-state index contributed by atoms with van der Waals surface area (Å²) in [5.74, 6) is 3.09. The molecule has 1 saturated carbocycles. The van der Waals surface area contributed by atoms with Crippen molar-refractivity contribution in [1.82, 2.24) is 15.5 Å². The molecule has 2 atom stereocenters. The van der Waals surface area contributed by atoms with E-state index in [1.807, 2.05) is 0 Å². The Kier molecular flexibility index (Phi) is 7.60. The minimum absolute atomic E-state index is 0.198. The first-order chi connectivity index (χ1) is 13.5. The van der Waals surface area contributed by atoms with Crippen molar-refractivity contribution in [2.45, 2.75) is 59.0 Å². The summed E-state index contributed by atoms with van der Waals surface area (Å²) in [4.78, 5) is 7.54. The Morgan fingerprint density at radius 3 is 2.57 bits per heavy atom. The van der Waals surface area contributed by atoms with Crippen LogP contribution in [-0.2, 0) is 0 Å². The lowest BCUT2D eigenvalue weighted by atomic mass is 10.1. The van der Waals surface area contributed by atoms with Crippen LogP contribution < -0.4 is 15.4 Å². The number of aliphatic imine (C=N–C) groups is 1. The highest BCUT2D eigenvalue weighted by molar-refractivity contribution is 5.80. The van der Waals surface area contributed by atoms with Crippen LogP contribution in [-0.4, -0.2) is 49.7 Å². The summed E-state index contributed by atoms with van der Waals surface area (Å²) in [7, 11) is 0. The summed E-state index contributed by atoms with van der Waals surface area (Å²) in [5, 5.41) is 6.96.